The number of carbonyl (C=O) groups is 11. The molecule has 0 radical (unpaired) electrons. The molecule has 2 rings (SSSR count). The van der Waals surface area contributed by atoms with Crippen molar-refractivity contribution in [2.24, 2.45) is 11.5 Å². The Hall–Kier alpha value is -5.91. The molecule has 0 aromatic carbocycles. The van der Waals surface area contributed by atoms with Gasteiger partial charge in [0.1, 0.15) is 48.3 Å². The van der Waals surface area contributed by atoms with E-state index in [-0.39, 0.29) is 19.4 Å². The van der Waals surface area contributed by atoms with Gasteiger partial charge in [0.2, 0.25) is 59.1 Å². The molecule has 2 aliphatic rings. The highest BCUT2D eigenvalue weighted by molar-refractivity contribution is 6.00. The quantitative estimate of drug-likeness (QED) is 0.103. The van der Waals surface area contributed by atoms with Crippen LogP contribution in [0.4, 0.5) is 0 Å². The number of aliphatic hydroxyl groups excluding tert-OH is 2. The number of primary amides is 2. The Balaban J connectivity index is 2.58. The predicted octanol–water partition coefficient (Wildman–Crippen LogP) is -7.59. The zero-order valence-corrected chi connectivity index (χ0v) is 30.3. The fourth-order valence-electron chi connectivity index (χ4n) is 5.58. The fourth-order valence-corrected chi connectivity index (χ4v) is 5.58. The average Bonchev–Trinajstić information content (AvgIpc) is 3.59. The summed E-state index contributed by atoms with van der Waals surface area (Å²) < 4.78 is 0. The topological polar surface area (TPSA) is 388 Å². The van der Waals surface area contributed by atoms with Crippen molar-refractivity contribution in [2.75, 3.05) is 13.2 Å². The zero-order chi connectivity index (χ0) is 41.7. The number of aliphatic carboxylic acids is 1. The van der Waals surface area contributed by atoms with E-state index in [1.807, 2.05) is 0 Å². The number of nitrogens with two attached hydrogens (primary N) is 2. The highest BCUT2D eigenvalue weighted by Crippen LogP contribution is 2.19. The van der Waals surface area contributed by atoms with E-state index in [1.54, 1.807) is 0 Å². The monoisotopic (exact) mass is 784 g/mol. The molecule has 10 amide bonds. The Bertz CT molecular complexity index is 1540. The summed E-state index contributed by atoms with van der Waals surface area (Å²) >= 11 is 0. The molecule has 9 atom stereocenters. The molecule has 14 N–H and O–H groups in total. The third-order valence-electron chi connectivity index (χ3n) is 8.56. The summed E-state index contributed by atoms with van der Waals surface area (Å²) in [6, 6.07) is -13.1. The first-order chi connectivity index (χ1) is 25.7. The minimum atomic E-state index is -1.88. The largest absolute Gasteiger partial charge is 0.481 e. The summed E-state index contributed by atoms with van der Waals surface area (Å²) in [6.07, 6.45) is -4.09. The van der Waals surface area contributed by atoms with E-state index < -0.39 is 152 Å². The van der Waals surface area contributed by atoms with Crippen LogP contribution in [0.15, 0.2) is 0 Å². The first kappa shape index (κ1) is 45.2. The van der Waals surface area contributed by atoms with Gasteiger partial charge in [0.05, 0.1) is 25.6 Å². The van der Waals surface area contributed by atoms with Gasteiger partial charge in [0, 0.05) is 13.0 Å². The molecule has 0 saturated carbocycles. The first-order valence-corrected chi connectivity index (χ1v) is 17.2. The van der Waals surface area contributed by atoms with Gasteiger partial charge < -0.3 is 68.9 Å². The van der Waals surface area contributed by atoms with Gasteiger partial charge in [-0.3, -0.25) is 52.7 Å². The molecule has 0 unspecified atom stereocenters. The first-order valence-electron chi connectivity index (χ1n) is 17.2. The molecule has 0 aliphatic carbocycles. The van der Waals surface area contributed by atoms with Crippen LogP contribution in [0.2, 0.25) is 0 Å². The Morgan fingerprint density at radius 2 is 1.18 bits per heavy atom. The number of nitrogens with one attached hydrogen (secondary N) is 7. The number of carboxylic acids is 1. The summed E-state index contributed by atoms with van der Waals surface area (Å²) in [5.74, 6) is -12.2. The maximum absolute atomic E-state index is 13.5. The smallest absolute Gasteiger partial charge is 0.305 e. The molecular formula is C31H48N10O14. The van der Waals surface area contributed by atoms with E-state index in [0.29, 0.717) is 0 Å². The number of rotatable bonds is 9. The molecule has 24 heteroatoms. The summed E-state index contributed by atoms with van der Waals surface area (Å²) in [5, 5.41) is 45.3. The van der Waals surface area contributed by atoms with Gasteiger partial charge >= 0.3 is 5.97 Å². The number of amides is 10. The number of carboxylic acid groups (broad SMARTS) is 1. The van der Waals surface area contributed by atoms with E-state index >= 15 is 0 Å². The van der Waals surface area contributed by atoms with Crippen LogP contribution in [0.1, 0.15) is 59.3 Å². The number of aliphatic hydroxyl groups is 2. The van der Waals surface area contributed by atoms with Crippen LogP contribution < -0.4 is 48.7 Å². The third-order valence-corrected chi connectivity index (χ3v) is 8.56. The van der Waals surface area contributed by atoms with Gasteiger partial charge in [0.15, 0.2) is 0 Å². The summed E-state index contributed by atoms with van der Waals surface area (Å²) in [5.41, 5.74) is 10.5. The Morgan fingerprint density at radius 3 is 1.71 bits per heavy atom. The molecule has 55 heavy (non-hydrogen) atoms. The Morgan fingerprint density at radius 1 is 0.691 bits per heavy atom. The van der Waals surface area contributed by atoms with Gasteiger partial charge in [-0.1, -0.05) is 0 Å². The van der Waals surface area contributed by atoms with Gasteiger partial charge in [-0.2, -0.15) is 0 Å². The van der Waals surface area contributed by atoms with Crippen LogP contribution in [-0.2, 0) is 52.7 Å². The Labute approximate surface area is 313 Å². The van der Waals surface area contributed by atoms with Crippen molar-refractivity contribution >= 4 is 65.0 Å². The lowest BCUT2D eigenvalue weighted by Crippen LogP contribution is -2.62. The molecule has 2 aliphatic heterocycles. The molecule has 2 fully saturated rings. The van der Waals surface area contributed by atoms with Crippen molar-refractivity contribution in [1.82, 2.24) is 42.1 Å². The Kier molecular flexibility index (Phi) is 16.9. The maximum atomic E-state index is 13.5. The van der Waals surface area contributed by atoms with Crippen LogP contribution >= 0.6 is 0 Å². The van der Waals surface area contributed by atoms with Crippen LogP contribution in [0.3, 0.4) is 0 Å². The molecule has 2 heterocycles. The summed E-state index contributed by atoms with van der Waals surface area (Å²) in [6.45, 7) is 2.28. The van der Waals surface area contributed by atoms with E-state index in [9.17, 15) is 68.1 Å². The van der Waals surface area contributed by atoms with Crippen molar-refractivity contribution in [3.8, 4) is 0 Å². The van der Waals surface area contributed by atoms with Gasteiger partial charge in [-0.25, -0.2) is 0 Å². The highest BCUT2D eigenvalue weighted by Gasteiger charge is 2.40. The minimum Gasteiger partial charge on any atom is -0.481 e. The lowest BCUT2D eigenvalue weighted by atomic mass is 10.1. The number of hydrogen-bond donors (Lipinski definition) is 12. The SMILES string of the molecule is C[C@@H]1NC(=O)[C@H](CCC(N)=O)NC(=O)[C@H]([C@@H](C)O)NC(=O)[C@H](C)NC(=O)[C@H](CC(N)=O)NC(=O)[C@@H]2CCCN2C(=O)[C@H](CO)NC(=O)[C@H](CC(=O)O)NC1=O. The summed E-state index contributed by atoms with van der Waals surface area (Å²) in [4.78, 5) is 142. The molecule has 2 saturated heterocycles. The van der Waals surface area contributed by atoms with Crippen molar-refractivity contribution in [1.29, 1.82) is 0 Å². The second-order valence-corrected chi connectivity index (χ2v) is 13.1. The molecule has 0 spiro atoms. The molecule has 24 nitrogen and oxygen atoms in total. The second-order valence-electron chi connectivity index (χ2n) is 13.1. The van der Waals surface area contributed by atoms with E-state index in [1.165, 1.54) is 0 Å². The lowest BCUT2D eigenvalue weighted by molar-refractivity contribution is -0.144. The van der Waals surface area contributed by atoms with E-state index in [0.717, 1.165) is 25.7 Å². The van der Waals surface area contributed by atoms with Crippen molar-refractivity contribution < 1.29 is 68.1 Å². The fraction of sp³-hybridized carbons (Fsp3) is 0.645. The van der Waals surface area contributed by atoms with Gasteiger partial charge in [-0.15, -0.1) is 0 Å². The third kappa shape index (κ3) is 13.5. The van der Waals surface area contributed by atoms with Crippen LogP contribution in [0.5, 0.6) is 0 Å². The van der Waals surface area contributed by atoms with Crippen molar-refractivity contribution in [2.45, 2.75) is 114 Å². The average molecular weight is 785 g/mol. The number of nitrogens with zero attached hydrogens (tertiary/aromatic N) is 1. The standard InChI is InChI=1S/C31H48N10O14/c1-12-24(48)37-17(10-22(46)47)28(52)39-18(11-42)31(55)41-8-4-5-19(41)29(53)38-16(9-21(33)45)27(51)35-13(2)25(49)40-23(14(3)43)30(54)36-15(26(50)34-12)6-7-20(32)44/h12-19,23,42-43H,4-11H2,1-3H3,(H2,32,44)(H2,33,45)(H,34,50)(H,35,51)(H,36,54)(H,37,48)(H,38,53)(H,39,52)(H,40,49)(H,46,47)/t12-,13-,14+,15-,16-,17-,18-,19-,23-/m0/s1. The van der Waals surface area contributed by atoms with Crippen LogP contribution in [0.25, 0.3) is 0 Å². The molecule has 306 valence electrons. The van der Waals surface area contributed by atoms with E-state index in [4.69, 9.17) is 11.5 Å². The van der Waals surface area contributed by atoms with Crippen molar-refractivity contribution in [3.05, 3.63) is 0 Å². The number of fused-ring (bicyclic) bond motifs is 1. The summed E-state index contributed by atoms with van der Waals surface area (Å²) in [7, 11) is 0. The molecule has 0 aromatic rings. The minimum absolute atomic E-state index is 0.0286. The molecule has 0 bridgehead atoms. The lowest BCUT2D eigenvalue weighted by Gasteiger charge is -2.30. The van der Waals surface area contributed by atoms with E-state index in [2.05, 4.69) is 37.2 Å². The zero-order valence-electron chi connectivity index (χ0n) is 30.3. The predicted molar refractivity (Wildman–Crippen MR) is 183 cm³/mol. The highest BCUT2D eigenvalue weighted by atomic mass is 16.4. The second kappa shape index (κ2) is 20.5. The van der Waals surface area contributed by atoms with Crippen molar-refractivity contribution in [3.63, 3.8) is 0 Å². The number of carbonyl (C=O) groups excluding carboxylic acids is 10. The normalized spacial score (nSPS) is 28.8. The van der Waals surface area contributed by atoms with Crippen LogP contribution in [-0.4, -0.2) is 153 Å². The number of hydrogen-bond acceptors (Lipinski definition) is 13. The molecular weight excluding hydrogens is 736 g/mol. The van der Waals surface area contributed by atoms with Gasteiger partial charge in [0.25, 0.3) is 0 Å². The molecule has 0 aromatic heterocycles. The van der Waals surface area contributed by atoms with Gasteiger partial charge in [-0.05, 0) is 40.0 Å². The maximum Gasteiger partial charge on any atom is 0.305 e. The van der Waals surface area contributed by atoms with Crippen LogP contribution in [0, 0.1) is 0 Å².